The first kappa shape index (κ1) is 15.7. The molecule has 1 rings (SSSR count). The Kier molecular flexibility index (Phi) is 6.90. The normalized spacial score (nSPS) is 12.0. The average Bonchev–Trinajstić information content (AvgIpc) is 2.71. The zero-order valence-electron chi connectivity index (χ0n) is 12.5. The smallest absolute Gasteiger partial charge is 0.0324 e. The van der Waals surface area contributed by atoms with Crippen LogP contribution in [0.1, 0.15) is 43.9 Å². The Morgan fingerprint density at radius 3 is 2.44 bits per heavy atom. The summed E-state index contributed by atoms with van der Waals surface area (Å²) in [5.74, 6) is 0.793. The quantitative estimate of drug-likeness (QED) is 0.773. The summed E-state index contributed by atoms with van der Waals surface area (Å²) in [5, 5.41) is 3.47. The molecule has 18 heavy (non-hydrogen) atoms. The van der Waals surface area contributed by atoms with Gasteiger partial charge < -0.3 is 10.2 Å². The molecule has 3 heteroatoms. The highest BCUT2D eigenvalue weighted by Gasteiger charge is 2.05. The van der Waals surface area contributed by atoms with E-state index in [1.807, 2.05) is 11.3 Å². The molecule has 0 aliphatic carbocycles. The van der Waals surface area contributed by atoms with Crippen LogP contribution >= 0.6 is 11.3 Å². The van der Waals surface area contributed by atoms with E-state index in [2.05, 4.69) is 57.1 Å². The molecule has 0 bridgehead atoms. The Bertz CT molecular complexity index is 331. The lowest BCUT2D eigenvalue weighted by atomic mass is 10.1. The van der Waals surface area contributed by atoms with Crippen molar-refractivity contribution in [3.8, 4) is 0 Å². The third-order valence-corrected chi connectivity index (χ3v) is 3.99. The van der Waals surface area contributed by atoms with E-state index in [0.29, 0.717) is 6.04 Å². The van der Waals surface area contributed by atoms with Gasteiger partial charge in [-0.2, -0.15) is 0 Å². The average molecular weight is 268 g/mol. The molecule has 0 aromatic carbocycles. The third kappa shape index (κ3) is 6.53. The maximum atomic E-state index is 3.47. The number of nitrogens with one attached hydrogen (secondary N) is 1. The first-order chi connectivity index (χ1) is 8.47. The van der Waals surface area contributed by atoms with Crippen molar-refractivity contribution in [2.45, 2.75) is 53.2 Å². The third-order valence-electron chi connectivity index (χ3n) is 2.92. The second-order valence-electron chi connectivity index (χ2n) is 5.82. The van der Waals surface area contributed by atoms with E-state index in [-0.39, 0.29) is 0 Å². The largest absolute Gasteiger partial charge is 0.310 e. The van der Waals surface area contributed by atoms with Gasteiger partial charge in [0.25, 0.3) is 0 Å². The van der Waals surface area contributed by atoms with Crippen molar-refractivity contribution in [3.63, 3.8) is 0 Å². The molecule has 1 N–H and O–H groups in total. The van der Waals surface area contributed by atoms with Crippen molar-refractivity contribution in [3.05, 3.63) is 21.9 Å². The SMILES string of the molecule is CC(C)CCN(C)Cc1ccc(CNC(C)C)s1. The number of hydrogen-bond donors (Lipinski definition) is 1. The second kappa shape index (κ2) is 7.93. The molecule has 2 nitrogen and oxygen atoms in total. The zero-order chi connectivity index (χ0) is 13.5. The first-order valence-corrected chi connectivity index (χ1v) is 7.78. The van der Waals surface area contributed by atoms with Crippen molar-refractivity contribution >= 4 is 11.3 Å². The Balaban J connectivity index is 2.34. The fourth-order valence-electron chi connectivity index (χ4n) is 1.73. The number of nitrogens with zero attached hydrogens (tertiary/aromatic N) is 1. The van der Waals surface area contributed by atoms with Crippen molar-refractivity contribution < 1.29 is 0 Å². The van der Waals surface area contributed by atoms with Gasteiger partial charge in [-0.25, -0.2) is 0 Å². The van der Waals surface area contributed by atoms with Crippen molar-refractivity contribution in [2.75, 3.05) is 13.6 Å². The lowest BCUT2D eigenvalue weighted by molar-refractivity contribution is 0.306. The summed E-state index contributed by atoms with van der Waals surface area (Å²) in [4.78, 5) is 5.34. The number of thiophene rings is 1. The molecule has 0 unspecified atom stereocenters. The molecule has 1 heterocycles. The summed E-state index contributed by atoms with van der Waals surface area (Å²) in [7, 11) is 2.22. The molecule has 0 atom stereocenters. The van der Waals surface area contributed by atoms with Gasteiger partial charge in [-0.1, -0.05) is 27.7 Å². The maximum absolute atomic E-state index is 3.47. The fourth-order valence-corrected chi connectivity index (χ4v) is 2.78. The summed E-state index contributed by atoms with van der Waals surface area (Å²) in [5.41, 5.74) is 0. The van der Waals surface area contributed by atoms with Gasteiger partial charge in [0, 0.05) is 28.9 Å². The van der Waals surface area contributed by atoms with Crippen LogP contribution in [-0.4, -0.2) is 24.5 Å². The predicted molar refractivity (Wildman–Crippen MR) is 82.1 cm³/mol. The minimum Gasteiger partial charge on any atom is -0.310 e. The second-order valence-corrected chi connectivity index (χ2v) is 7.08. The van der Waals surface area contributed by atoms with Crippen LogP contribution in [0.5, 0.6) is 0 Å². The number of hydrogen-bond acceptors (Lipinski definition) is 3. The van der Waals surface area contributed by atoms with Gasteiger partial charge in [0.2, 0.25) is 0 Å². The predicted octanol–water partition coefficient (Wildman–Crippen LogP) is 3.72. The van der Waals surface area contributed by atoms with Gasteiger partial charge in [-0.05, 0) is 38.1 Å². The van der Waals surface area contributed by atoms with Gasteiger partial charge in [-0.15, -0.1) is 11.3 Å². The molecule has 0 aliphatic heterocycles. The molecule has 104 valence electrons. The minimum atomic E-state index is 0.560. The summed E-state index contributed by atoms with van der Waals surface area (Å²) < 4.78 is 0. The Morgan fingerprint density at radius 2 is 1.83 bits per heavy atom. The van der Waals surface area contributed by atoms with E-state index in [4.69, 9.17) is 0 Å². The Morgan fingerprint density at radius 1 is 1.17 bits per heavy atom. The lowest BCUT2D eigenvalue weighted by Gasteiger charge is -2.16. The van der Waals surface area contributed by atoms with E-state index in [1.54, 1.807) is 0 Å². The maximum Gasteiger partial charge on any atom is 0.0324 e. The van der Waals surface area contributed by atoms with Gasteiger partial charge in [-0.3, -0.25) is 0 Å². The van der Waals surface area contributed by atoms with Crippen LogP contribution in [0.4, 0.5) is 0 Å². The van der Waals surface area contributed by atoms with E-state index in [1.165, 1.54) is 22.7 Å². The van der Waals surface area contributed by atoms with Crippen LogP contribution in [0.2, 0.25) is 0 Å². The van der Waals surface area contributed by atoms with E-state index in [9.17, 15) is 0 Å². The molecule has 0 spiro atoms. The summed E-state index contributed by atoms with van der Waals surface area (Å²) >= 11 is 1.93. The molecule has 0 fully saturated rings. The summed E-state index contributed by atoms with van der Waals surface area (Å²) in [6, 6.07) is 5.09. The lowest BCUT2D eigenvalue weighted by Crippen LogP contribution is -2.21. The van der Waals surface area contributed by atoms with Gasteiger partial charge in [0.15, 0.2) is 0 Å². The fraction of sp³-hybridized carbons (Fsp3) is 0.733. The Hall–Kier alpha value is -0.380. The highest BCUT2D eigenvalue weighted by Crippen LogP contribution is 2.18. The van der Waals surface area contributed by atoms with Crippen molar-refractivity contribution in [2.24, 2.45) is 5.92 Å². The molecule has 0 radical (unpaired) electrons. The molecule has 1 aromatic heterocycles. The molecular weight excluding hydrogens is 240 g/mol. The standard InChI is InChI=1S/C15H28N2S/c1-12(2)8-9-17(5)11-15-7-6-14(18-15)10-16-13(3)4/h6-7,12-13,16H,8-11H2,1-5H3. The Labute approximate surface area is 116 Å². The molecule has 0 saturated carbocycles. The number of rotatable bonds is 8. The van der Waals surface area contributed by atoms with E-state index >= 15 is 0 Å². The van der Waals surface area contributed by atoms with Crippen LogP contribution in [0.15, 0.2) is 12.1 Å². The highest BCUT2D eigenvalue weighted by atomic mass is 32.1. The minimum absolute atomic E-state index is 0.560. The topological polar surface area (TPSA) is 15.3 Å². The van der Waals surface area contributed by atoms with Crippen LogP contribution in [0.3, 0.4) is 0 Å². The monoisotopic (exact) mass is 268 g/mol. The first-order valence-electron chi connectivity index (χ1n) is 6.97. The molecular formula is C15H28N2S. The van der Waals surface area contributed by atoms with Crippen LogP contribution in [0, 0.1) is 5.92 Å². The summed E-state index contributed by atoms with van der Waals surface area (Å²) in [6.45, 7) is 12.2. The zero-order valence-corrected chi connectivity index (χ0v) is 13.3. The van der Waals surface area contributed by atoms with Crippen LogP contribution in [0.25, 0.3) is 0 Å². The van der Waals surface area contributed by atoms with Crippen molar-refractivity contribution in [1.82, 2.24) is 10.2 Å². The van der Waals surface area contributed by atoms with Gasteiger partial charge >= 0.3 is 0 Å². The van der Waals surface area contributed by atoms with Crippen molar-refractivity contribution in [1.29, 1.82) is 0 Å². The molecule has 1 aromatic rings. The highest BCUT2D eigenvalue weighted by molar-refractivity contribution is 7.11. The van der Waals surface area contributed by atoms with E-state index in [0.717, 1.165) is 19.0 Å². The summed E-state index contributed by atoms with van der Waals surface area (Å²) in [6.07, 6.45) is 1.28. The molecule has 0 aliphatic rings. The van der Waals surface area contributed by atoms with E-state index < -0.39 is 0 Å². The van der Waals surface area contributed by atoms with Gasteiger partial charge in [0.1, 0.15) is 0 Å². The van der Waals surface area contributed by atoms with Crippen LogP contribution < -0.4 is 5.32 Å². The molecule has 0 amide bonds. The molecule has 0 saturated heterocycles. The van der Waals surface area contributed by atoms with Crippen LogP contribution in [-0.2, 0) is 13.1 Å². The van der Waals surface area contributed by atoms with Gasteiger partial charge in [0.05, 0.1) is 0 Å².